The number of aromatic nitrogens is 1. The van der Waals surface area contributed by atoms with Gasteiger partial charge in [0.05, 0.1) is 17.2 Å². The molecule has 4 rings (SSSR count). The SMILES string of the molecule is [C-]#[N+]c1ccc(OC2C(C)(C)C(NC(=O)c3ccc(CCCCCN4CCN(C(=O)OC(C)(C)C)CC4)nc3)C2(C)C)cc1Cl. The fraction of sp³-hybridized carbons (Fsp3) is 0.600. The van der Waals surface area contributed by atoms with Crippen LogP contribution in [0.5, 0.6) is 5.75 Å². The Morgan fingerprint density at radius 2 is 1.73 bits per heavy atom. The summed E-state index contributed by atoms with van der Waals surface area (Å²) in [6.45, 7) is 25.4. The van der Waals surface area contributed by atoms with Crippen LogP contribution in [-0.2, 0) is 11.2 Å². The van der Waals surface area contributed by atoms with Crippen molar-refractivity contribution < 1.29 is 19.1 Å². The number of ether oxygens (including phenoxy) is 2. The quantitative estimate of drug-likeness (QED) is 0.220. The number of hydrogen-bond donors (Lipinski definition) is 1. The third kappa shape index (κ3) is 8.47. The lowest BCUT2D eigenvalue weighted by atomic mass is 9.49. The van der Waals surface area contributed by atoms with Crippen LogP contribution in [0, 0.1) is 17.4 Å². The molecule has 2 heterocycles. The molecule has 2 amide bonds. The van der Waals surface area contributed by atoms with Gasteiger partial charge in [-0.2, -0.15) is 0 Å². The minimum Gasteiger partial charge on any atom is -0.489 e. The summed E-state index contributed by atoms with van der Waals surface area (Å²) in [6.07, 6.45) is 5.39. The molecule has 1 aliphatic carbocycles. The molecule has 0 unspecified atom stereocenters. The molecule has 45 heavy (non-hydrogen) atoms. The van der Waals surface area contributed by atoms with Gasteiger partial charge in [0.2, 0.25) is 5.69 Å². The Balaban J connectivity index is 1.18. The van der Waals surface area contributed by atoms with Crippen LogP contribution in [0.1, 0.15) is 83.8 Å². The summed E-state index contributed by atoms with van der Waals surface area (Å²) >= 11 is 6.22. The molecule has 1 aromatic heterocycles. The molecule has 1 aliphatic heterocycles. The van der Waals surface area contributed by atoms with Crippen LogP contribution < -0.4 is 10.1 Å². The first-order chi connectivity index (χ1) is 21.1. The zero-order chi connectivity index (χ0) is 33.0. The summed E-state index contributed by atoms with van der Waals surface area (Å²) in [5, 5.41) is 3.60. The monoisotopic (exact) mass is 637 g/mol. The lowest BCUT2D eigenvalue weighted by Crippen LogP contribution is -2.74. The highest BCUT2D eigenvalue weighted by Gasteiger charge is 2.64. The normalized spacial score (nSPS) is 20.9. The first-order valence-corrected chi connectivity index (χ1v) is 16.3. The van der Waals surface area contributed by atoms with Gasteiger partial charge in [-0.05, 0) is 70.8 Å². The number of amides is 2. The number of carbonyl (C=O) groups is 2. The number of nitrogens with zero attached hydrogens (tertiary/aromatic N) is 4. The maximum atomic E-state index is 13.2. The van der Waals surface area contributed by atoms with Crippen LogP contribution in [0.2, 0.25) is 5.02 Å². The Labute approximate surface area is 273 Å². The number of halogens is 1. The van der Waals surface area contributed by atoms with Crippen molar-refractivity contribution in [2.75, 3.05) is 32.7 Å². The molecule has 1 saturated heterocycles. The molecule has 1 saturated carbocycles. The summed E-state index contributed by atoms with van der Waals surface area (Å²) in [4.78, 5) is 37.7. The van der Waals surface area contributed by atoms with E-state index < -0.39 is 5.60 Å². The van der Waals surface area contributed by atoms with Gasteiger partial charge in [0.1, 0.15) is 17.5 Å². The number of rotatable bonds is 10. The van der Waals surface area contributed by atoms with Gasteiger partial charge in [-0.3, -0.25) is 14.7 Å². The van der Waals surface area contributed by atoms with Crippen molar-refractivity contribution in [2.24, 2.45) is 10.8 Å². The molecular formula is C35H48ClN5O4. The molecule has 2 fully saturated rings. The second-order valence-electron chi connectivity index (χ2n) is 14.4. The number of nitrogens with one attached hydrogen (secondary N) is 1. The summed E-state index contributed by atoms with van der Waals surface area (Å²) in [7, 11) is 0. The summed E-state index contributed by atoms with van der Waals surface area (Å²) in [5.74, 6) is 0.469. The van der Waals surface area contributed by atoms with Crippen molar-refractivity contribution in [1.82, 2.24) is 20.1 Å². The van der Waals surface area contributed by atoms with Crippen LogP contribution >= 0.6 is 11.6 Å². The van der Waals surface area contributed by atoms with Gasteiger partial charge in [-0.1, -0.05) is 51.8 Å². The van der Waals surface area contributed by atoms with Crippen LogP contribution in [0.3, 0.4) is 0 Å². The third-order valence-corrected chi connectivity index (χ3v) is 9.23. The first kappa shape index (κ1) is 34.5. The molecule has 2 aromatic rings. The highest BCUT2D eigenvalue weighted by Crippen LogP contribution is 2.55. The highest BCUT2D eigenvalue weighted by molar-refractivity contribution is 6.33. The number of aryl methyl sites for hydroxylation is 1. The van der Waals surface area contributed by atoms with Gasteiger partial charge in [-0.25, -0.2) is 9.64 Å². The minimum absolute atomic E-state index is 0.111. The second-order valence-corrected chi connectivity index (χ2v) is 14.8. The average Bonchev–Trinajstić information content (AvgIpc) is 2.98. The number of benzene rings is 1. The van der Waals surface area contributed by atoms with Crippen molar-refractivity contribution >= 4 is 29.3 Å². The predicted octanol–water partition coefficient (Wildman–Crippen LogP) is 7.16. The van der Waals surface area contributed by atoms with E-state index in [-0.39, 0.29) is 35.0 Å². The summed E-state index contributed by atoms with van der Waals surface area (Å²) in [6, 6.07) is 8.80. The number of unbranched alkanes of at least 4 members (excludes halogenated alkanes) is 2. The summed E-state index contributed by atoms with van der Waals surface area (Å²) in [5.41, 5.74) is 0.795. The minimum atomic E-state index is -0.466. The molecule has 9 nitrogen and oxygen atoms in total. The average molecular weight is 638 g/mol. The number of carbonyl (C=O) groups excluding carboxylic acids is 2. The van der Waals surface area contributed by atoms with Crippen LogP contribution in [-0.4, -0.2) is 77.3 Å². The summed E-state index contributed by atoms with van der Waals surface area (Å²) < 4.78 is 11.8. The van der Waals surface area contributed by atoms with Crippen LogP contribution in [0.25, 0.3) is 4.85 Å². The van der Waals surface area contributed by atoms with Gasteiger partial charge < -0.3 is 19.7 Å². The van der Waals surface area contributed by atoms with Gasteiger partial charge in [0, 0.05) is 54.9 Å². The van der Waals surface area contributed by atoms with E-state index in [2.05, 4.69) is 47.7 Å². The Bertz CT molecular complexity index is 1370. The molecule has 1 aromatic carbocycles. The number of piperazine rings is 1. The van der Waals surface area contributed by atoms with E-state index in [1.807, 2.05) is 32.9 Å². The fourth-order valence-electron chi connectivity index (χ4n) is 6.81. The maximum absolute atomic E-state index is 13.2. The van der Waals surface area contributed by atoms with Gasteiger partial charge in [0.15, 0.2) is 0 Å². The van der Waals surface area contributed by atoms with E-state index in [4.69, 9.17) is 27.6 Å². The van der Waals surface area contributed by atoms with Crippen molar-refractivity contribution in [3.05, 3.63) is 64.2 Å². The van der Waals surface area contributed by atoms with Crippen molar-refractivity contribution in [2.45, 2.75) is 91.9 Å². The topological polar surface area (TPSA) is 88.4 Å². The van der Waals surface area contributed by atoms with Crippen molar-refractivity contribution in [3.8, 4) is 5.75 Å². The number of pyridine rings is 1. The van der Waals surface area contributed by atoms with E-state index in [0.717, 1.165) is 51.0 Å². The molecule has 0 radical (unpaired) electrons. The van der Waals surface area contributed by atoms with Crippen LogP contribution in [0.4, 0.5) is 10.5 Å². The van der Waals surface area contributed by atoms with E-state index in [9.17, 15) is 9.59 Å². The standard InChI is InChI=1S/C35H48ClN5O4/c1-33(2,3)45-32(43)41-20-18-40(19-21-41)17-11-9-10-12-25-14-13-24(23-38-25)29(42)39-30-34(4,5)31(35(30,6)7)44-26-15-16-28(37-8)27(36)22-26/h13-16,22-23,30-31H,9-12,17-21H2,1-7H3,(H,39,42). The van der Waals surface area contributed by atoms with Crippen molar-refractivity contribution in [3.63, 3.8) is 0 Å². The van der Waals surface area contributed by atoms with E-state index >= 15 is 0 Å². The smallest absolute Gasteiger partial charge is 0.410 e. The Morgan fingerprint density at radius 3 is 2.31 bits per heavy atom. The first-order valence-electron chi connectivity index (χ1n) is 15.9. The lowest BCUT2D eigenvalue weighted by Gasteiger charge is -2.63. The fourth-order valence-corrected chi connectivity index (χ4v) is 7.02. The molecule has 0 spiro atoms. The molecule has 244 valence electrons. The Kier molecular flexibility index (Phi) is 10.7. The highest BCUT2D eigenvalue weighted by atomic mass is 35.5. The predicted molar refractivity (Wildman–Crippen MR) is 177 cm³/mol. The van der Waals surface area contributed by atoms with Gasteiger partial charge in [-0.15, -0.1) is 0 Å². The molecule has 10 heteroatoms. The maximum Gasteiger partial charge on any atom is 0.410 e. The van der Waals surface area contributed by atoms with Gasteiger partial charge >= 0.3 is 6.09 Å². The Hall–Kier alpha value is -3.35. The third-order valence-electron chi connectivity index (χ3n) is 8.93. The van der Waals surface area contributed by atoms with Gasteiger partial charge in [0.25, 0.3) is 5.91 Å². The largest absolute Gasteiger partial charge is 0.489 e. The zero-order valence-electron chi connectivity index (χ0n) is 27.8. The molecule has 0 bridgehead atoms. The Morgan fingerprint density at radius 1 is 1.04 bits per heavy atom. The molecule has 2 aliphatic rings. The van der Waals surface area contributed by atoms with E-state index in [0.29, 0.717) is 35.1 Å². The molecular weight excluding hydrogens is 590 g/mol. The van der Waals surface area contributed by atoms with E-state index in [1.54, 1.807) is 29.3 Å². The number of hydrogen-bond acceptors (Lipinski definition) is 6. The van der Waals surface area contributed by atoms with E-state index in [1.165, 1.54) is 0 Å². The molecule has 1 N–H and O–H groups in total. The zero-order valence-corrected chi connectivity index (χ0v) is 28.5. The second kappa shape index (κ2) is 14.0. The van der Waals surface area contributed by atoms with Crippen LogP contribution in [0.15, 0.2) is 36.5 Å². The van der Waals surface area contributed by atoms with Crippen molar-refractivity contribution in [1.29, 1.82) is 0 Å². The molecule has 0 atom stereocenters. The lowest BCUT2D eigenvalue weighted by molar-refractivity contribution is -0.164.